The third-order valence-electron chi connectivity index (χ3n) is 1.58. The summed E-state index contributed by atoms with van der Waals surface area (Å²) in [6.45, 7) is 0. The van der Waals surface area contributed by atoms with Crippen molar-refractivity contribution in [1.82, 2.24) is 20.0 Å². The molecule has 2 aromatic rings. The zero-order valence-electron chi connectivity index (χ0n) is 7.08. The van der Waals surface area contributed by atoms with Crippen molar-refractivity contribution in [3.05, 3.63) is 30.6 Å². The molecule has 2 heterocycles. The zero-order valence-corrected chi connectivity index (χ0v) is 7.90. The fourth-order valence-electron chi connectivity index (χ4n) is 0.976. The first-order chi connectivity index (χ1) is 6.40. The molecule has 0 aliphatic heterocycles. The average Bonchev–Trinajstić information content (AvgIpc) is 2.71. The Labute approximate surface area is 80.0 Å². The normalized spacial score (nSPS) is 10.2. The van der Waals surface area contributed by atoms with Crippen molar-refractivity contribution in [1.29, 1.82) is 0 Å². The Balaban J connectivity index is 2.41. The molecule has 2 aromatic heterocycles. The van der Waals surface area contributed by atoms with E-state index in [0.29, 0.717) is 0 Å². The van der Waals surface area contributed by atoms with Crippen LogP contribution in [0.15, 0.2) is 35.6 Å². The van der Waals surface area contributed by atoms with Gasteiger partial charge in [0.25, 0.3) is 0 Å². The molecule has 5 heteroatoms. The maximum atomic E-state index is 4.36. The van der Waals surface area contributed by atoms with Crippen LogP contribution >= 0.6 is 11.8 Å². The first-order valence-electron chi connectivity index (χ1n) is 3.78. The van der Waals surface area contributed by atoms with Gasteiger partial charge in [0.2, 0.25) is 0 Å². The molecule has 13 heavy (non-hydrogen) atoms. The van der Waals surface area contributed by atoms with Crippen molar-refractivity contribution in [2.75, 3.05) is 6.26 Å². The van der Waals surface area contributed by atoms with Crippen LogP contribution in [0.25, 0.3) is 5.82 Å². The van der Waals surface area contributed by atoms with Crippen molar-refractivity contribution in [2.45, 2.75) is 5.03 Å². The van der Waals surface area contributed by atoms with Gasteiger partial charge in [-0.1, -0.05) is 11.3 Å². The molecule has 0 saturated carbocycles. The lowest BCUT2D eigenvalue weighted by atomic mass is 10.5. The van der Waals surface area contributed by atoms with Gasteiger partial charge in [0.1, 0.15) is 0 Å². The lowest BCUT2D eigenvalue weighted by molar-refractivity contribution is 0.772. The van der Waals surface area contributed by atoms with E-state index < -0.39 is 0 Å². The molecule has 0 aromatic carbocycles. The predicted molar refractivity (Wildman–Crippen MR) is 50.9 cm³/mol. The van der Waals surface area contributed by atoms with Crippen LogP contribution < -0.4 is 0 Å². The van der Waals surface area contributed by atoms with Gasteiger partial charge in [0, 0.05) is 0 Å². The summed E-state index contributed by atoms with van der Waals surface area (Å²) < 4.78 is 1.64. The number of pyridine rings is 1. The van der Waals surface area contributed by atoms with Gasteiger partial charge in [0.05, 0.1) is 17.4 Å². The summed E-state index contributed by atoms with van der Waals surface area (Å²) in [5, 5.41) is 8.56. The van der Waals surface area contributed by atoms with Crippen molar-refractivity contribution in [3.63, 3.8) is 0 Å². The molecule has 66 valence electrons. The van der Waals surface area contributed by atoms with Crippen molar-refractivity contribution >= 4 is 11.8 Å². The largest absolute Gasteiger partial charge is 0.222 e. The molecule has 0 bridgehead atoms. The van der Waals surface area contributed by atoms with Gasteiger partial charge in [-0.2, -0.15) is 0 Å². The van der Waals surface area contributed by atoms with Gasteiger partial charge in [-0.05, 0) is 18.4 Å². The Bertz CT molecular complexity index is 385. The molecule has 0 N–H and O–H groups in total. The van der Waals surface area contributed by atoms with E-state index in [4.69, 9.17) is 0 Å². The third-order valence-corrected chi connectivity index (χ3v) is 2.22. The highest BCUT2D eigenvalue weighted by atomic mass is 32.2. The zero-order chi connectivity index (χ0) is 9.10. The summed E-state index contributed by atoms with van der Waals surface area (Å²) in [5.74, 6) is 0.796. The summed E-state index contributed by atoms with van der Waals surface area (Å²) in [7, 11) is 0. The van der Waals surface area contributed by atoms with E-state index in [-0.39, 0.29) is 0 Å². The maximum Gasteiger partial charge on any atom is 0.156 e. The Morgan fingerprint density at radius 3 is 3.00 bits per heavy atom. The van der Waals surface area contributed by atoms with E-state index in [1.54, 1.807) is 28.8 Å². The summed E-state index contributed by atoms with van der Waals surface area (Å²) >= 11 is 1.61. The summed E-state index contributed by atoms with van der Waals surface area (Å²) in [6, 6.07) is 5.81. The van der Waals surface area contributed by atoms with Crippen molar-refractivity contribution < 1.29 is 0 Å². The van der Waals surface area contributed by atoms with E-state index in [0.717, 1.165) is 10.8 Å². The molecule has 4 nitrogen and oxygen atoms in total. The van der Waals surface area contributed by atoms with E-state index in [2.05, 4.69) is 15.3 Å². The molecule has 0 atom stereocenters. The minimum Gasteiger partial charge on any atom is -0.222 e. The second-order valence-corrected chi connectivity index (χ2v) is 3.21. The quantitative estimate of drug-likeness (QED) is 0.674. The lowest BCUT2D eigenvalue weighted by Gasteiger charge is -2.00. The van der Waals surface area contributed by atoms with Crippen LogP contribution in [0.5, 0.6) is 0 Å². The minimum atomic E-state index is 0.796. The molecule has 0 amide bonds. The Hall–Kier alpha value is -1.36. The van der Waals surface area contributed by atoms with Gasteiger partial charge in [-0.3, -0.25) is 0 Å². The van der Waals surface area contributed by atoms with Crippen molar-refractivity contribution in [3.8, 4) is 5.82 Å². The Morgan fingerprint density at radius 1 is 1.38 bits per heavy atom. The number of aromatic nitrogens is 4. The molecule has 2 rings (SSSR count). The number of thioether (sulfide) groups is 1. The molecular weight excluding hydrogens is 184 g/mol. The van der Waals surface area contributed by atoms with Crippen LogP contribution in [0.4, 0.5) is 0 Å². The number of nitrogens with zero attached hydrogens (tertiary/aromatic N) is 4. The van der Waals surface area contributed by atoms with Crippen LogP contribution in [0.2, 0.25) is 0 Å². The summed E-state index contributed by atoms with van der Waals surface area (Å²) in [4.78, 5) is 4.36. The fraction of sp³-hybridized carbons (Fsp3) is 0.125. The predicted octanol–water partition coefficient (Wildman–Crippen LogP) is 1.38. The molecule has 0 spiro atoms. The topological polar surface area (TPSA) is 43.6 Å². The second-order valence-electron chi connectivity index (χ2n) is 2.39. The lowest BCUT2D eigenvalue weighted by Crippen LogP contribution is -1.98. The molecule has 0 aliphatic rings. The summed E-state index contributed by atoms with van der Waals surface area (Å²) in [6.07, 6.45) is 5.40. The first kappa shape index (κ1) is 8.25. The van der Waals surface area contributed by atoms with Gasteiger partial charge < -0.3 is 0 Å². The minimum absolute atomic E-state index is 0.796. The van der Waals surface area contributed by atoms with Crippen LogP contribution in [-0.4, -0.2) is 26.2 Å². The van der Waals surface area contributed by atoms with Gasteiger partial charge in [-0.15, -0.1) is 16.9 Å². The molecule has 0 unspecified atom stereocenters. The maximum absolute atomic E-state index is 4.36. The second kappa shape index (κ2) is 3.57. The van der Waals surface area contributed by atoms with Crippen LogP contribution in [0.3, 0.4) is 0 Å². The van der Waals surface area contributed by atoms with Gasteiger partial charge >= 0.3 is 0 Å². The summed E-state index contributed by atoms with van der Waals surface area (Å²) in [5.41, 5.74) is 0. The van der Waals surface area contributed by atoms with Crippen LogP contribution in [0.1, 0.15) is 0 Å². The molecule has 0 aliphatic carbocycles. The van der Waals surface area contributed by atoms with E-state index in [1.165, 1.54) is 0 Å². The van der Waals surface area contributed by atoms with Crippen LogP contribution in [-0.2, 0) is 0 Å². The third kappa shape index (κ3) is 1.70. The SMILES string of the molecule is CSc1cccc(-n2ccnn2)n1. The standard InChI is InChI=1S/C8H8N4S/c1-13-8-4-2-3-7(10-8)12-6-5-9-11-12/h2-6H,1H3. The van der Waals surface area contributed by atoms with Crippen LogP contribution in [0, 0.1) is 0 Å². The van der Waals surface area contributed by atoms with Crippen molar-refractivity contribution in [2.24, 2.45) is 0 Å². The smallest absolute Gasteiger partial charge is 0.156 e. The van der Waals surface area contributed by atoms with Gasteiger partial charge in [0.15, 0.2) is 5.82 Å². The van der Waals surface area contributed by atoms with E-state index in [1.807, 2.05) is 24.5 Å². The Morgan fingerprint density at radius 2 is 2.31 bits per heavy atom. The highest BCUT2D eigenvalue weighted by Crippen LogP contribution is 2.12. The molecule has 0 saturated heterocycles. The Kier molecular flexibility index (Phi) is 2.27. The highest BCUT2D eigenvalue weighted by molar-refractivity contribution is 7.98. The molecular formula is C8H8N4S. The number of hydrogen-bond acceptors (Lipinski definition) is 4. The molecule has 0 radical (unpaired) electrons. The van der Waals surface area contributed by atoms with E-state index in [9.17, 15) is 0 Å². The number of hydrogen-bond donors (Lipinski definition) is 0. The average molecular weight is 192 g/mol. The van der Waals surface area contributed by atoms with E-state index >= 15 is 0 Å². The first-order valence-corrected chi connectivity index (χ1v) is 5.00. The number of rotatable bonds is 2. The fourth-order valence-corrected chi connectivity index (χ4v) is 1.38. The van der Waals surface area contributed by atoms with Gasteiger partial charge in [-0.25, -0.2) is 9.67 Å². The highest BCUT2D eigenvalue weighted by Gasteiger charge is 1.98. The monoisotopic (exact) mass is 192 g/mol. The molecule has 0 fully saturated rings.